The Morgan fingerprint density at radius 3 is 2.23 bits per heavy atom. The molecule has 0 aliphatic rings. The molecule has 13 heavy (non-hydrogen) atoms. The van der Waals surface area contributed by atoms with Gasteiger partial charge in [0.2, 0.25) is 0 Å². The van der Waals surface area contributed by atoms with Crippen LogP contribution in [0.4, 0.5) is 17.6 Å². The number of hydrogen-bond acceptors (Lipinski definition) is 1. The highest BCUT2D eigenvalue weighted by Crippen LogP contribution is 2.23. The van der Waals surface area contributed by atoms with Gasteiger partial charge in [0.05, 0.1) is 11.1 Å². The van der Waals surface area contributed by atoms with Gasteiger partial charge in [-0.05, 0) is 12.1 Å². The van der Waals surface area contributed by atoms with Gasteiger partial charge in [-0.3, -0.25) is 4.79 Å². The number of carbonyl (C=O) groups is 1. The van der Waals surface area contributed by atoms with Crippen molar-refractivity contribution in [2.75, 3.05) is 0 Å². The van der Waals surface area contributed by atoms with E-state index in [1.165, 1.54) is 0 Å². The van der Waals surface area contributed by atoms with Crippen molar-refractivity contribution >= 4 is 6.29 Å². The van der Waals surface area contributed by atoms with Gasteiger partial charge < -0.3 is 0 Å². The van der Waals surface area contributed by atoms with E-state index in [1.807, 2.05) is 0 Å². The topological polar surface area (TPSA) is 17.1 Å². The van der Waals surface area contributed by atoms with Crippen molar-refractivity contribution in [3.63, 3.8) is 0 Å². The van der Waals surface area contributed by atoms with Gasteiger partial charge in [0.15, 0.2) is 6.29 Å². The number of carbonyl (C=O) groups excluding carboxylic acids is 1. The standard InChI is InChI=1S/C8H4F4O/c9-6-2-5(8(11)12)7(10)1-4(6)3-13/h1-3,8H. The molecule has 0 atom stereocenters. The highest BCUT2D eigenvalue weighted by Gasteiger charge is 2.16. The minimum Gasteiger partial charge on any atom is -0.298 e. The minimum atomic E-state index is -3.09. The van der Waals surface area contributed by atoms with Crippen molar-refractivity contribution < 1.29 is 22.4 Å². The summed E-state index contributed by atoms with van der Waals surface area (Å²) in [7, 11) is 0. The summed E-state index contributed by atoms with van der Waals surface area (Å²) in [5.74, 6) is -2.43. The summed E-state index contributed by atoms with van der Waals surface area (Å²) in [4.78, 5) is 10.1. The van der Waals surface area contributed by atoms with Crippen LogP contribution in [0, 0.1) is 11.6 Å². The van der Waals surface area contributed by atoms with E-state index in [9.17, 15) is 22.4 Å². The monoisotopic (exact) mass is 192 g/mol. The van der Waals surface area contributed by atoms with Crippen molar-refractivity contribution in [3.8, 4) is 0 Å². The summed E-state index contributed by atoms with van der Waals surface area (Å²) in [6.07, 6.45) is -3.02. The van der Waals surface area contributed by atoms with Crippen LogP contribution < -0.4 is 0 Å². The highest BCUT2D eigenvalue weighted by atomic mass is 19.3. The summed E-state index contributed by atoms with van der Waals surface area (Å²) >= 11 is 0. The van der Waals surface area contributed by atoms with Crippen molar-refractivity contribution in [2.45, 2.75) is 6.43 Å². The summed E-state index contributed by atoms with van der Waals surface area (Å²) in [5.41, 5.74) is -1.61. The molecule has 1 aromatic rings. The molecule has 0 aliphatic heterocycles. The van der Waals surface area contributed by atoms with E-state index in [0.717, 1.165) is 0 Å². The van der Waals surface area contributed by atoms with Crippen LogP contribution in [0.5, 0.6) is 0 Å². The zero-order valence-corrected chi connectivity index (χ0v) is 6.23. The molecule has 0 bridgehead atoms. The molecule has 70 valence electrons. The fraction of sp³-hybridized carbons (Fsp3) is 0.125. The first-order valence-corrected chi connectivity index (χ1v) is 3.28. The van der Waals surface area contributed by atoms with Crippen LogP contribution in [0.3, 0.4) is 0 Å². The van der Waals surface area contributed by atoms with Crippen LogP contribution in [-0.4, -0.2) is 6.29 Å². The van der Waals surface area contributed by atoms with Gasteiger partial charge >= 0.3 is 0 Å². The summed E-state index contributed by atoms with van der Waals surface area (Å²) in [5, 5.41) is 0. The van der Waals surface area contributed by atoms with Crippen LogP contribution in [-0.2, 0) is 0 Å². The maximum absolute atomic E-state index is 12.7. The molecule has 0 spiro atoms. The van der Waals surface area contributed by atoms with Crippen molar-refractivity contribution in [2.24, 2.45) is 0 Å². The average Bonchev–Trinajstić information content (AvgIpc) is 2.07. The Balaban J connectivity index is 3.28. The lowest BCUT2D eigenvalue weighted by molar-refractivity contribution is 0.111. The minimum absolute atomic E-state index is 0.0632. The van der Waals surface area contributed by atoms with Crippen LogP contribution in [0.25, 0.3) is 0 Å². The zero-order valence-electron chi connectivity index (χ0n) is 6.23. The Labute approximate surface area is 71.0 Å². The molecule has 0 unspecified atom stereocenters. The van der Waals surface area contributed by atoms with E-state index in [2.05, 4.69) is 0 Å². The first kappa shape index (κ1) is 9.70. The SMILES string of the molecule is O=Cc1cc(F)c(C(F)F)cc1F. The van der Waals surface area contributed by atoms with E-state index in [-0.39, 0.29) is 6.29 Å². The van der Waals surface area contributed by atoms with Crippen LogP contribution >= 0.6 is 0 Å². The molecule has 0 aromatic heterocycles. The maximum atomic E-state index is 12.7. The number of hydrogen-bond donors (Lipinski definition) is 0. The molecule has 0 heterocycles. The molecule has 0 saturated heterocycles. The lowest BCUT2D eigenvalue weighted by atomic mass is 10.1. The predicted molar refractivity (Wildman–Crippen MR) is 36.7 cm³/mol. The molecule has 0 aliphatic carbocycles. The molecular formula is C8H4F4O. The molecular weight excluding hydrogens is 188 g/mol. The molecule has 0 saturated carbocycles. The molecule has 0 amide bonds. The Kier molecular flexibility index (Phi) is 2.65. The van der Waals surface area contributed by atoms with E-state index in [0.29, 0.717) is 12.1 Å². The summed E-state index contributed by atoms with van der Waals surface area (Å²) in [6, 6.07) is 0.771. The molecule has 0 radical (unpaired) electrons. The van der Waals surface area contributed by atoms with E-state index in [4.69, 9.17) is 0 Å². The molecule has 0 fully saturated rings. The Morgan fingerprint density at radius 2 is 1.77 bits per heavy atom. The lowest BCUT2D eigenvalue weighted by Gasteiger charge is -2.02. The van der Waals surface area contributed by atoms with Crippen LogP contribution in [0.1, 0.15) is 22.3 Å². The number of benzene rings is 1. The number of rotatable bonds is 2. The lowest BCUT2D eigenvalue weighted by Crippen LogP contribution is -1.96. The van der Waals surface area contributed by atoms with Gasteiger partial charge in [-0.15, -0.1) is 0 Å². The van der Waals surface area contributed by atoms with Crippen molar-refractivity contribution in [1.82, 2.24) is 0 Å². The first-order chi connectivity index (χ1) is 6.06. The smallest absolute Gasteiger partial charge is 0.266 e. The summed E-state index contributed by atoms with van der Waals surface area (Å²) < 4.78 is 49.2. The van der Waals surface area contributed by atoms with Crippen LogP contribution in [0.15, 0.2) is 12.1 Å². The largest absolute Gasteiger partial charge is 0.298 e. The van der Waals surface area contributed by atoms with Gasteiger partial charge in [0.1, 0.15) is 11.6 Å². The van der Waals surface area contributed by atoms with E-state index in [1.54, 1.807) is 0 Å². The molecule has 1 aromatic carbocycles. The van der Waals surface area contributed by atoms with Crippen molar-refractivity contribution in [3.05, 3.63) is 34.9 Å². The predicted octanol–water partition coefficient (Wildman–Crippen LogP) is 2.71. The maximum Gasteiger partial charge on any atom is 0.266 e. The summed E-state index contributed by atoms with van der Waals surface area (Å²) in [6.45, 7) is 0. The van der Waals surface area contributed by atoms with Gasteiger partial charge in [-0.25, -0.2) is 17.6 Å². The first-order valence-electron chi connectivity index (χ1n) is 3.28. The fourth-order valence-corrected chi connectivity index (χ4v) is 0.835. The normalized spacial score (nSPS) is 10.5. The molecule has 1 rings (SSSR count). The Bertz CT molecular complexity index is 335. The van der Waals surface area contributed by atoms with Crippen molar-refractivity contribution in [1.29, 1.82) is 0 Å². The van der Waals surface area contributed by atoms with E-state index < -0.39 is 29.2 Å². The second-order valence-corrected chi connectivity index (χ2v) is 2.31. The van der Waals surface area contributed by atoms with E-state index >= 15 is 0 Å². The Morgan fingerprint density at radius 1 is 1.15 bits per heavy atom. The van der Waals surface area contributed by atoms with Gasteiger partial charge in [0.25, 0.3) is 6.43 Å². The third-order valence-corrected chi connectivity index (χ3v) is 1.48. The molecule has 5 heteroatoms. The number of aldehydes is 1. The zero-order chi connectivity index (χ0) is 10.0. The second kappa shape index (κ2) is 3.55. The third-order valence-electron chi connectivity index (χ3n) is 1.48. The quantitative estimate of drug-likeness (QED) is 0.520. The average molecular weight is 192 g/mol. The van der Waals surface area contributed by atoms with Gasteiger partial charge in [-0.2, -0.15) is 0 Å². The number of halogens is 4. The highest BCUT2D eigenvalue weighted by molar-refractivity contribution is 5.75. The third kappa shape index (κ3) is 1.85. The van der Waals surface area contributed by atoms with Crippen LogP contribution in [0.2, 0.25) is 0 Å². The molecule has 0 N–H and O–H groups in total. The Hall–Kier alpha value is -1.39. The van der Waals surface area contributed by atoms with Gasteiger partial charge in [0, 0.05) is 0 Å². The number of alkyl halides is 2. The molecule has 1 nitrogen and oxygen atoms in total. The second-order valence-electron chi connectivity index (χ2n) is 2.31. The fourth-order valence-electron chi connectivity index (χ4n) is 0.835. The van der Waals surface area contributed by atoms with Gasteiger partial charge in [-0.1, -0.05) is 0 Å².